The molecule has 0 N–H and O–H groups in total. The number of methoxy groups -OCH3 is 1. The van der Waals surface area contributed by atoms with Crippen LogP contribution in [-0.2, 0) is 16.1 Å². The van der Waals surface area contributed by atoms with E-state index in [9.17, 15) is 14.0 Å². The predicted octanol–water partition coefficient (Wildman–Crippen LogP) is 4.94. The minimum Gasteiger partial charge on any atom is -0.466 e. The predicted molar refractivity (Wildman–Crippen MR) is 154 cm³/mol. The van der Waals surface area contributed by atoms with Crippen LogP contribution in [0.15, 0.2) is 106 Å². The summed E-state index contributed by atoms with van der Waals surface area (Å²) >= 11 is 1.31. The van der Waals surface area contributed by atoms with Gasteiger partial charge in [-0.05, 0) is 41.8 Å². The van der Waals surface area contributed by atoms with Crippen molar-refractivity contribution >= 4 is 34.3 Å². The van der Waals surface area contributed by atoms with Crippen LogP contribution in [0.3, 0.4) is 0 Å². The third-order valence-electron chi connectivity index (χ3n) is 7.14. The quantitative estimate of drug-likeness (QED) is 0.281. The molecule has 40 heavy (non-hydrogen) atoms. The number of carbonyl (C=O) groups excluding carboxylic acids is 1. The number of hydrogen-bond acceptors (Lipinski definition) is 5. The minimum absolute atomic E-state index is 0.218. The molecule has 1 aliphatic rings. The van der Waals surface area contributed by atoms with E-state index in [-0.39, 0.29) is 11.4 Å². The standard InChI is InChI=1S/C32H26FN3O3S/c1-3-25-28(31(38)39-2)29(21-9-5-4-6-10-21)36-30(37)27(40-32(36)34-25)17-22-19-35(26-12-8-7-11-24(22)26)18-20-13-15-23(33)16-14-20/h4-17,19,29H,3,18H2,1-2H3/b27-17-/t29-/m0/s1. The molecule has 5 aromatic rings. The first-order chi connectivity index (χ1) is 19.5. The number of aromatic nitrogens is 2. The van der Waals surface area contributed by atoms with E-state index in [1.807, 2.05) is 73.8 Å². The van der Waals surface area contributed by atoms with Crippen LogP contribution in [0.1, 0.15) is 36.1 Å². The molecule has 6 rings (SSSR count). The molecule has 2 aromatic heterocycles. The van der Waals surface area contributed by atoms with Gasteiger partial charge in [-0.25, -0.2) is 14.2 Å². The van der Waals surface area contributed by atoms with Crippen molar-refractivity contribution < 1.29 is 13.9 Å². The fourth-order valence-electron chi connectivity index (χ4n) is 5.26. The Morgan fingerprint density at radius 1 is 1.05 bits per heavy atom. The summed E-state index contributed by atoms with van der Waals surface area (Å²) in [6.45, 7) is 2.50. The van der Waals surface area contributed by atoms with Gasteiger partial charge in [0.2, 0.25) is 0 Å². The number of ether oxygens (including phenoxy) is 1. The summed E-state index contributed by atoms with van der Waals surface area (Å²) in [6.07, 6.45) is 4.43. The fourth-order valence-corrected chi connectivity index (χ4v) is 6.27. The van der Waals surface area contributed by atoms with Crippen LogP contribution >= 0.6 is 11.3 Å². The molecule has 0 aliphatic carbocycles. The molecular weight excluding hydrogens is 525 g/mol. The summed E-state index contributed by atoms with van der Waals surface area (Å²) in [5, 5.41) is 1.000. The average Bonchev–Trinajstić information content (AvgIpc) is 3.49. The Morgan fingerprint density at radius 3 is 2.50 bits per heavy atom. The van der Waals surface area contributed by atoms with E-state index in [0.29, 0.717) is 33.6 Å². The van der Waals surface area contributed by atoms with Crippen LogP contribution in [-0.4, -0.2) is 22.2 Å². The van der Waals surface area contributed by atoms with Gasteiger partial charge in [0.25, 0.3) is 5.56 Å². The highest BCUT2D eigenvalue weighted by Gasteiger charge is 2.33. The summed E-state index contributed by atoms with van der Waals surface area (Å²) in [6, 6.07) is 23.3. The van der Waals surface area contributed by atoms with E-state index in [1.165, 1.54) is 30.6 Å². The number of benzene rings is 3. The van der Waals surface area contributed by atoms with Gasteiger partial charge in [-0.3, -0.25) is 9.36 Å². The van der Waals surface area contributed by atoms with E-state index in [4.69, 9.17) is 9.73 Å². The Balaban J connectivity index is 1.53. The molecule has 8 heteroatoms. The molecule has 3 heterocycles. The number of thiazole rings is 1. The normalized spacial score (nSPS) is 15.3. The molecule has 1 aliphatic heterocycles. The summed E-state index contributed by atoms with van der Waals surface area (Å²) in [5.41, 5.74) is 4.46. The van der Waals surface area contributed by atoms with Gasteiger partial charge in [0, 0.05) is 29.2 Å². The second-order valence-corrected chi connectivity index (χ2v) is 10.6. The molecule has 0 unspecified atom stereocenters. The van der Waals surface area contributed by atoms with Crippen molar-refractivity contribution in [2.45, 2.75) is 25.9 Å². The Bertz CT molecular complexity index is 1950. The highest BCUT2D eigenvalue weighted by Crippen LogP contribution is 2.31. The van der Waals surface area contributed by atoms with Crippen molar-refractivity contribution in [3.63, 3.8) is 0 Å². The van der Waals surface area contributed by atoms with Gasteiger partial charge in [0.1, 0.15) is 5.82 Å². The number of nitrogens with zero attached hydrogens (tertiary/aromatic N) is 3. The van der Waals surface area contributed by atoms with Crippen molar-refractivity contribution in [1.82, 2.24) is 9.13 Å². The number of rotatable bonds is 6. The molecular formula is C32H26FN3O3S. The number of hydrogen-bond donors (Lipinski definition) is 0. The van der Waals surface area contributed by atoms with Gasteiger partial charge in [-0.1, -0.05) is 78.9 Å². The first-order valence-corrected chi connectivity index (χ1v) is 13.8. The maximum Gasteiger partial charge on any atom is 0.338 e. The first-order valence-electron chi connectivity index (χ1n) is 13.0. The average molecular weight is 552 g/mol. The topological polar surface area (TPSA) is 65.6 Å². The number of para-hydroxylation sites is 1. The third kappa shape index (κ3) is 4.50. The second kappa shape index (κ2) is 10.5. The molecule has 3 aromatic carbocycles. The van der Waals surface area contributed by atoms with Gasteiger partial charge < -0.3 is 9.30 Å². The Hall–Kier alpha value is -4.56. The lowest BCUT2D eigenvalue weighted by molar-refractivity contribution is -0.136. The number of fused-ring (bicyclic) bond motifs is 2. The van der Waals surface area contributed by atoms with Crippen molar-refractivity contribution in [3.8, 4) is 0 Å². The van der Waals surface area contributed by atoms with Gasteiger partial charge in [-0.2, -0.15) is 0 Å². The molecule has 0 spiro atoms. The lowest BCUT2D eigenvalue weighted by Gasteiger charge is -2.25. The summed E-state index contributed by atoms with van der Waals surface area (Å²) in [7, 11) is 1.34. The molecule has 6 nitrogen and oxygen atoms in total. The van der Waals surface area contributed by atoms with Gasteiger partial charge >= 0.3 is 5.97 Å². The maximum absolute atomic E-state index is 14.0. The van der Waals surface area contributed by atoms with E-state index in [2.05, 4.69) is 4.57 Å². The van der Waals surface area contributed by atoms with Crippen molar-refractivity contribution in [3.05, 3.63) is 139 Å². The lowest BCUT2D eigenvalue weighted by Crippen LogP contribution is -2.40. The Kier molecular flexibility index (Phi) is 6.77. The van der Waals surface area contributed by atoms with Crippen LogP contribution in [0.25, 0.3) is 17.0 Å². The third-order valence-corrected chi connectivity index (χ3v) is 8.12. The Labute approximate surface area is 233 Å². The molecule has 0 radical (unpaired) electrons. The Morgan fingerprint density at radius 2 is 1.77 bits per heavy atom. The molecule has 0 saturated heterocycles. The number of carbonyl (C=O) groups is 1. The van der Waals surface area contributed by atoms with Crippen molar-refractivity contribution in [2.75, 3.05) is 7.11 Å². The molecule has 0 bridgehead atoms. The first kappa shape index (κ1) is 25.7. The van der Waals surface area contributed by atoms with Crippen molar-refractivity contribution in [2.24, 2.45) is 4.99 Å². The summed E-state index contributed by atoms with van der Waals surface area (Å²) in [5.74, 6) is -0.764. The molecule has 200 valence electrons. The number of allylic oxidation sites excluding steroid dienone is 1. The summed E-state index contributed by atoms with van der Waals surface area (Å²) in [4.78, 5) is 32.3. The lowest BCUT2D eigenvalue weighted by atomic mass is 9.95. The maximum atomic E-state index is 14.0. The van der Waals surface area contributed by atoms with E-state index in [0.717, 1.165) is 27.6 Å². The van der Waals surface area contributed by atoms with E-state index >= 15 is 0 Å². The zero-order chi connectivity index (χ0) is 27.8. The largest absolute Gasteiger partial charge is 0.466 e. The summed E-state index contributed by atoms with van der Waals surface area (Å²) < 4.78 is 22.8. The van der Waals surface area contributed by atoms with Crippen LogP contribution in [0.2, 0.25) is 0 Å². The van der Waals surface area contributed by atoms with Gasteiger partial charge in [0.05, 0.1) is 29.0 Å². The van der Waals surface area contributed by atoms with Crippen LogP contribution in [0, 0.1) is 5.82 Å². The molecule has 1 atom stereocenters. The SMILES string of the molecule is CCC1=C(C(=O)OC)[C@H](c2ccccc2)n2c(s/c(=C\c3cn(Cc4ccc(F)cc4)c4ccccc34)c2=O)=N1. The monoisotopic (exact) mass is 551 g/mol. The highest BCUT2D eigenvalue weighted by molar-refractivity contribution is 7.07. The van der Waals surface area contributed by atoms with Crippen LogP contribution in [0.4, 0.5) is 4.39 Å². The second-order valence-electron chi connectivity index (χ2n) is 9.55. The highest BCUT2D eigenvalue weighted by atomic mass is 32.1. The molecule has 0 amide bonds. The molecule has 0 saturated carbocycles. The van der Waals surface area contributed by atoms with Crippen LogP contribution in [0.5, 0.6) is 0 Å². The van der Waals surface area contributed by atoms with Crippen LogP contribution < -0.4 is 14.9 Å². The minimum atomic E-state index is -0.637. The zero-order valence-corrected chi connectivity index (χ0v) is 22.8. The van der Waals surface area contributed by atoms with Crippen molar-refractivity contribution in [1.29, 1.82) is 0 Å². The van der Waals surface area contributed by atoms with E-state index < -0.39 is 12.0 Å². The molecule has 0 fully saturated rings. The van der Waals surface area contributed by atoms with E-state index in [1.54, 1.807) is 16.7 Å². The smallest absolute Gasteiger partial charge is 0.338 e. The number of esters is 1. The zero-order valence-electron chi connectivity index (χ0n) is 22.0. The van der Waals surface area contributed by atoms with Gasteiger partial charge in [-0.15, -0.1) is 0 Å². The fraction of sp³-hybridized carbons (Fsp3) is 0.156. The van der Waals surface area contributed by atoms with Gasteiger partial charge in [0.15, 0.2) is 4.80 Å². The number of halogens is 1.